The number of aryl methyl sites for hydroxylation is 2. The molecule has 0 spiro atoms. The number of hydrogen-bond acceptors (Lipinski definition) is 6. The van der Waals surface area contributed by atoms with Crippen LogP contribution in [0.5, 0.6) is 0 Å². The first-order valence-corrected chi connectivity index (χ1v) is 8.39. The van der Waals surface area contributed by atoms with Crippen LogP contribution in [0.25, 0.3) is 0 Å². The molecule has 6 nitrogen and oxygen atoms in total. The Labute approximate surface area is 150 Å². The van der Waals surface area contributed by atoms with E-state index in [2.05, 4.69) is 10.3 Å². The van der Waals surface area contributed by atoms with E-state index < -0.39 is 5.25 Å². The molecule has 0 radical (unpaired) electrons. The molecule has 0 aliphatic carbocycles. The SMILES string of the molecule is Cc1ccc(C)c(NC(=O)[C@H](C)Sc2nc(N)c(C#N)cc2C#N)c1. The third kappa shape index (κ3) is 4.28. The number of nitrogens with two attached hydrogens (primary N) is 1. The predicted octanol–water partition coefficient (Wildman–Crippen LogP) is 3.14. The summed E-state index contributed by atoms with van der Waals surface area (Å²) in [6.45, 7) is 5.60. The van der Waals surface area contributed by atoms with Gasteiger partial charge in [0.15, 0.2) is 0 Å². The van der Waals surface area contributed by atoms with Crippen molar-refractivity contribution in [2.24, 2.45) is 0 Å². The Morgan fingerprint density at radius 2 is 1.92 bits per heavy atom. The van der Waals surface area contributed by atoms with E-state index in [9.17, 15) is 10.1 Å². The predicted molar refractivity (Wildman–Crippen MR) is 97.9 cm³/mol. The van der Waals surface area contributed by atoms with Crippen LogP contribution in [-0.4, -0.2) is 16.1 Å². The summed E-state index contributed by atoms with van der Waals surface area (Å²) in [7, 11) is 0. The largest absolute Gasteiger partial charge is 0.383 e. The fraction of sp³-hybridized carbons (Fsp3) is 0.222. The lowest BCUT2D eigenvalue weighted by Gasteiger charge is -2.14. The lowest BCUT2D eigenvalue weighted by molar-refractivity contribution is -0.115. The van der Waals surface area contributed by atoms with Crippen LogP contribution >= 0.6 is 11.8 Å². The first kappa shape index (κ1) is 18.3. The molecule has 126 valence electrons. The number of thioether (sulfide) groups is 1. The first-order chi connectivity index (χ1) is 11.8. The average Bonchev–Trinajstić information content (AvgIpc) is 2.58. The fourth-order valence-corrected chi connectivity index (χ4v) is 2.98. The summed E-state index contributed by atoms with van der Waals surface area (Å²) >= 11 is 1.13. The zero-order valence-electron chi connectivity index (χ0n) is 14.1. The Morgan fingerprint density at radius 1 is 1.24 bits per heavy atom. The second kappa shape index (κ2) is 7.69. The van der Waals surface area contributed by atoms with E-state index >= 15 is 0 Å². The van der Waals surface area contributed by atoms with Crippen molar-refractivity contribution in [3.8, 4) is 12.1 Å². The van der Waals surface area contributed by atoms with E-state index in [-0.39, 0.29) is 22.9 Å². The number of aromatic nitrogens is 1. The van der Waals surface area contributed by atoms with Crippen molar-refractivity contribution < 1.29 is 4.79 Å². The molecule has 0 unspecified atom stereocenters. The number of rotatable bonds is 4. The number of carbonyl (C=O) groups is 1. The molecule has 0 bridgehead atoms. The molecule has 0 aliphatic rings. The molecule has 1 aromatic heterocycles. The number of nitrogens with zero attached hydrogens (tertiary/aromatic N) is 3. The van der Waals surface area contributed by atoms with Crippen molar-refractivity contribution in [2.45, 2.75) is 31.0 Å². The molecule has 0 aliphatic heterocycles. The van der Waals surface area contributed by atoms with E-state index in [4.69, 9.17) is 11.0 Å². The summed E-state index contributed by atoms with van der Waals surface area (Å²) in [5, 5.41) is 20.9. The van der Waals surface area contributed by atoms with Gasteiger partial charge in [-0.3, -0.25) is 4.79 Å². The molecule has 2 aromatic rings. The number of nitrogen functional groups attached to an aromatic ring is 1. The highest BCUT2D eigenvalue weighted by Crippen LogP contribution is 2.28. The van der Waals surface area contributed by atoms with Crippen LogP contribution in [0.4, 0.5) is 11.5 Å². The maximum Gasteiger partial charge on any atom is 0.237 e. The van der Waals surface area contributed by atoms with Crippen molar-refractivity contribution >= 4 is 29.2 Å². The highest BCUT2D eigenvalue weighted by Gasteiger charge is 2.19. The summed E-state index contributed by atoms with van der Waals surface area (Å²) in [6.07, 6.45) is 0. The number of amides is 1. The number of carbonyl (C=O) groups excluding carboxylic acids is 1. The summed E-state index contributed by atoms with van der Waals surface area (Å²) < 4.78 is 0. The molecule has 7 heteroatoms. The summed E-state index contributed by atoms with van der Waals surface area (Å²) in [5.41, 5.74) is 8.85. The Balaban J connectivity index is 2.19. The zero-order valence-corrected chi connectivity index (χ0v) is 14.9. The van der Waals surface area contributed by atoms with Crippen LogP contribution in [0.1, 0.15) is 29.2 Å². The van der Waals surface area contributed by atoms with E-state index in [1.165, 1.54) is 6.07 Å². The van der Waals surface area contributed by atoms with Gasteiger partial charge in [-0.1, -0.05) is 23.9 Å². The molecule has 3 N–H and O–H groups in total. The van der Waals surface area contributed by atoms with Gasteiger partial charge in [-0.05, 0) is 44.0 Å². The molecular formula is C18H17N5OS. The molecule has 1 amide bonds. The normalized spacial score (nSPS) is 11.2. The maximum absolute atomic E-state index is 12.5. The quantitative estimate of drug-likeness (QED) is 0.818. The van der Waals surface area contributed by atoms with Gasteiger partial charge in [0.05, 0.1) is 16.4 Å². The minimum atomic E-state index is -0.494. The second-order valence-corrected chi connectivity index (χ2v) is 6.89. The second-order valence-electron chi connectivity index (χ2n) is 5.57. The number of nitrogens with one attached hydrogen (secondary N) is 1. The topological polar surface area (TPSA) is 116 Å². The Morgan fingerprint density at radius 3 is 2.56 bits per heavy atom. The molecule has 25 heavy (non-hydrogen) atoms. The van der Waals surface area contributed by atoms with Crippen molar-refractivity contribution in [3.63, 3.8) is 0 Å². The summed E-state index contributed by atoms with van der Waals surface area (Å²) in [5.74, 6) is -0.154. The van der Waals surface area contributed by atoms with Crippen LogP contribution in [0.2, 0.25) is 0 Å². The highest BCUT2D eigenvalue weighted by molar-refractivity contribution is 8.00. The van der Waals surface area contributed by atoms with Gasteiger partial charge >= 0.3 is 0 Å². The van der Waals surface area contributed by atoms with E-state index in [1.54, 1.807) is 6.92 Å². The third-order valence-electron chi connectivity index (χ3n) is 3.57. The van der Waals surface area contributed by atoms with E-state index in [1.807, 2.05) is 44.2 Å². The monoisotopic (exact) mass is 351 g/mol. The fourth-order valence-electron chi connectivity index (χ4n) is 2.10. The number of benzene rings is 1. The third-order valence-corrected chi connectivity index (χ3v) is 4.67. The van der Waals surface area contributed by atoms with E-state index in [0.717, 1.165) is 28.6 Å². The van der Waals surface area contributed by atoms with Crippen molar-refractivity contribution in [3.05, 3.63) is 46.5 Å². The van der Waals surface area contributed by atoms with Gasteiger partial charge in [0.2, 0.25) is 5.91 Å². The van der Waals surface area contributed by atoms with Gasteiger partial charge in [-0.2, -0.15) is 10.5 Å². The molecule has 1 aromatic carbocycles. The van der Waals surface area contributed by atoms with Crippen LogP contribution in [-0.2, 0) is 4.79 Å². The minimum Gasteiger partial charge on any atom is -0.383 e. The number of nitriles is 2. The smallest absolute Gasteiger partial charge is 0.237 e. The lowest BCUT2D eigenvalue weighted by Crippen LogP contribution is -2.23. The molecule has 0 saturated heterocycles. The van der Waals surface area contributed by atoms with Gasteiger partial charge in [0, 0.05) is 5.69 Å². The van der Waals surface area contributed by atoms with E-state index in [0.29, 0.717) is 5.03 Å². The van der Waals surface area contributed by atoms with Crippen molar-refractivity contribution in [1.29, 1.82) is 10.5 Å². The first-order valence-electron chi connectivity index (χ1n) is 7.51. The van der Waals surface area contributed by atoms with Crippen LogP contribution in [0.15, 0.2) is 29.3 Å². The Bertz CT molecular complexity index is 911. The van der Waals surface area contributed by atoms with Gasteiger partial charge in [-0.25, -0.2) is 4.98 Å². The Kier molecular flexibility index (Phi) is 5.63. The number of anilines is 2. The van der Waals surface area contributed by atoms with Gasteiger partial charge in [0.25, 0.3) is 0 Å². The van der Waals surface area contributed by atoms with Crippen molar-refractivity contribution in [1.82, 2.24) is 4.98 Å². The van der Waals surface area contributed by atoms with Gasteiger partial charge in [-0.15, -0.1) is 0 Å². The Hall–Kier alpha value is -3.03. The van der Waals surface area contributed by atoms with Crippen LogP contribution < -0.4 is 11.1 Å². The molecule has 1 heterocycles. The minimum absolute atomic E-state index is 0.0473. The molecule has 2 rings (SSSR count). The molecule has 0 saturated carbocycles. The molecule has 1 atom stereocenters. The summed E-state index contributed by atoms with van der Waals surface area (Å²) in [6, 6.07) is 11.1. The summed E-state index contributed by atoms with van der Waals surface area (Å²) in [4.78, 5) is 16.6. The van der Waals surface area contributed by atoms with Crippen LogP contribution in [0, 0.1) is 36.5 Å². The number of hydrogen-bond donors (Lipinski definition) is 2. The average molecular weight is 351 g/mol. The standard InChI is InChI=1S/C18H17N5OS/c1-10-4-5-11(2)15(6-10)22-17(24)12(3)25-18-14(9-20)7-13(8-19)16(21)23-18/h4-7,12H,1-3H3,(H2,21,23)(H,22,24)/t12-/m0/s1. The number of pyridine rings is 1. The highest BCUT2D eigenvalue weighted by atomic mass is 32.2. The maximum atomic E-state index is 12.5. The molecule has 0 fully saturated rings. The van der Waals surface area contributed by atoms with Crippen LogP contribution in [0.3, 0.4) is 0 Å². The van der Waals surface area contributed by atoms with Gasteiger partial charge in [0.1, 0.15) is 23.0 Å². The van der Waals surface area contributed by atoms with Crippen molar-refractivity contribution in [2.75, 3.05) is 11.1 Å². The lowest BCUT2D eigenvalue weighted by atomic mass is 10.1. The molecular weight excluding hydrogens is 334 g/mol. The van der Waals surface area contributed by atoms with Gasteiger partial charge < -0.3 is 11.1 Å². The zero-order chi connectivity index (χ0) is 18.6.